The van der Waals surface area contributed by atoms with Crippen molar-refractivity contribution in [2.75, 3.05) is 13.2 Å². The molecule has 1 heterocycles. The van der Waals surface area contributed by atoms with Gasteiger partial charge in [-0.1, -0.05) is 12.2 Å². The summed E-state index contributed by atoms with van der Waals surface area (Å²) in [6.07, 6.45) is 9.87. The molecule has 1 unspecified atom stereocenters. The molecular weight excluding hydrogens is 124 g/mol. The van der Waals surface area contributed by atoms with Crippen molar-refractivity contribution in [1.82, 2.24) is 0 Å². The van der Waals surface area contributed by atoms with E-state index in [0.29, 0.717) is 5.41 Å². The SMILES string of the molecule is C1=CC2(CC1)CCCOC2. The highest BCUT2D eigenvalue weighted by Gasteiger charge is 2.31. The summed E-state index contributed by atoms with van der Waals surface area (Å²) in [5.74, 6) is 0. The molecule has 1 saturated heterocycles. The van der Waals surface area contributed by atoms with Gasteiger partial charge in [0, 0.05) is 12.0 Å². The van der Waals surface area contributed by atoms with Crippen LogP contribution in [0.2, 0.25) is 0 Å². The van der Waals surface area contributed by atoms with Gasteiger partial charge < -0.3 is 4.74 Å². The maximum Gasteiger partial charge on any atom is 0.0557 e. The van der Waals surface area contributed by atoms with Crippen LogP contribution in [0, 0.1) is 5.41 Å². The molecule has 1 atom stereocenters. The summed E-state index contributed by atoms with van der Waals surface area (Å²) in [5, 5.41) is 0. The fourth-order valence-corrected chi connectivity index (χ4v) is 1.99. The molecule has 0 radical (unpaired) electrons. The average Bonchev–Trinajstić information content (AvgIpc) is 2.39. The Kier molecular flexibility index (Phi) is 1.53. The molecule has 0 amide bonds. The van der Waals surface area contributed by atoms with Crippen molar-refractivity contribution in [2.45, 2.75) is 25.7 Å². The Hall–Kier alpha value is -0.300. The quantitative estimate of drug-likeness (QED) is 0.466. The first-order valence-electron chi connectivity index (χ1n) is 4.17. The third kappa shape index (κ3) is 0.988. The standard InChI is InChI=1S/C9H14O/c1-2-5-9(4-1)6-3-7-10-8-9/h1,4H,2-3,5-8H2. The zero-order valence-electron chi connectivity index (χ0n) is 6.31. The molecule has 0 saturated carbocycles. The molecule has 0 aromatic heterocycles. The molecule has 1 nitrogen and oxygen atoms in total. The number of allylic oxidation sites excluding steroid dienone is 1. The number of ether oxygens (including phenoxy) is 1. The fourth-order valence-electron chi connectivity index (χ4n) is 1.99. The summed E-state index contributed by atoms with van der Waals surface area (Å²) in [6, 6.07) is 0. The predicted molar refractivity (Wildman–Crippen MR) is 40.9 cm³/mol. The Bertz CT molecular complexity index is 143. The van der Waals surface area contributed by atoms with E-state index in [9.17, 15) is 0 Å². The van der Waals surface area contributed by atoms with E-state index in [-0.39, 0.29) is 0 Å². The summed E-state index contributed by atoms with van der Waals surface area (Å²) in [7, 11) is 0. The van der Waals surface area contributed by atoms with E-state index in [1.165, 1.54) is 25.7 Å². The summed E-state index contributed by atoms with van der Waals surface area (Å²) in [5.41, 5.74) is 0.470. The Balaban J connectivity index is 2.05. The van der Waals surface area contributed by atoms with Crippen molar-refractivity contribution in [3.8, 4) is 0 Å². The van der Waals surface area contributed by atoms with Crippen LogP contribution in [-0.4, -0.2) is 13.2 Å². The van der Waals surface area contributed by atoms with Crippen LogP contribution in [0.25, 0.3) is 0 Å². The van der Waals surface area contributed by atoms with Gasteiger partial charge >= 0.3 is 0 Å². The van der Waals surface area contributed by atoms with Crippen LogP contribution in [0.1, 0.15) is 25.7 Å². The first-order chi connectivity index (χ1) is 4.91. The van der Waals surface area contributed by atoms with Crippen molar-refractivity contribution >= 4 is 0 Å². The van der Waals surface area contributed by atoms with Gasteiger partial charge in [-0.05, 0) is 25.7 Å². The molecule has 2 rings (SSSR count). The topological polar surface area (TPSA) is 9.23 Å². The molecule has 1 heteroatoms. The molecule has 0 aromatic rings. The lowest BCUT2D eigenvalue weighted by Crippen LogP contribution is -2.27. The van der Waals surface area contributed by atoms with Crippen molar-refractivity contribution in [1.29, 1.82) is 0 Å². The van der Waals surface area contributed by atoms with Crippen LogP contribution in [0.5, 0.6) is 0 Å². The van der Waals surface area contributed by atoms with Gasteiger partial charge in [0.25, 0.3) is 0 Å². The minimum Gasteiger partial charge on any atom is -0.381 e. The molecule has 0 N–H and O–H groups in total. The highest BCUT2D eigenvalue weighted by atomic mass is 16.5. The summed E-state index contributed by atoms with van der Waals surface area (Å²) >= 11 is 0. The molecule has 1 fully saturated rings. The van der Waals surface area contributed by atoms with E-state index in [4.69, 9.17) is 4.74 Å². The molecule has 1 aliphatic carbocycles. The van der Waals surface area contributed by atoms with E-state index >= 15 is 0 Å². The van der Waals surface area contributed by atoms with Crippen molar-refractivity contribution < 1.29 is 4.74 Å². The van der Waals surface area contributed by atoms with Crippen LogP contribution in [0.15, 0.2) is 12.2 Å². The Morgan fingerprint density at radius 1 is 1.30 bits per heavy atom. The van der Waals surface area contributed by atoms with Crippen LogP contribution in [0.4, 0.5) is 0 Å². The zero-order chi connectivity index (χ0) is 6.86. The zero-order valence-corrected chi connectivity index (χ0v) is 6.31. The highest BCUT2D eigenvalue weighted by molar-refractivity contribution is 5.07. The van der Waals surface area contributed by atoms with Crippen molar-refractivity contribution in [3.63, 3.8) is 0 Å². The van der Waals surface area contributed by atoms with Crippen LogP contribution in [0.3, 0.4) is 0 Å². The minimum atomic E-state index is 0.470. The van der Waals surface area contributed by atoms with Gasteiger partial charge in [-0.3, -0.25) is 0 Å². The molecule has 2 aliphatic rings. The Morgan fingerprint density at radius 2 is 2.30 bits per heavy atom. The minimum absolute atomic E-state index is 0.470. The van der Waals surface area contributed by atoms with E-state index in [1.54, 1.807) is 0 Å². The monoisotopic (exact) mass is 138 g/mol. The average molecular weight is 138 g/mol. The molecule has 0 aromatic carbocycles. The second kappa shape index (κ2) is 2.39. The summed E-state index contributed by atoms with van der Waals surface area (Å²) in [4.78, 5) is 0. The van der Waals surface area contributed by atoms with Gasteiger partial charge in [0.05, 0.1) is 6.61 Å². The molecular formula is C9H14O. The smallest absolute Gasteiger partial charge is 0.0557 e. The third-order valence-electron chi connectivity index (χ3n) is 2.63. The lowest BCUT2D eigenvalue weighted by atomic mass is 9.82. The van der Waals surface area contributed by atoms with E-state index in [1.807, 2.05) is 0 Å². The van der Waals surface area contributed by atoms with Gasteiger partial charge in [0.2, 0.25) is 0 Å². The second-order valence-electron chi connectivity index (χ2n) is 3.46. The van der Waals surface area contributed by atoms with Crippen LogP contribution in [-0.2, 0) is 4.74 Å². The van der Waals surface area contributed by atoms with E-state index in [2.05, 4.69) is 12.2 Å². The predicted octanol–water partition coefficient (Wildman–Crippen LogP) is 2.13. The van der Waals surface area contributed by atoms with Crippen LogP contribution < -0.4 is 0 Å². The van der Waals surface area contributed by atoms with Crippen molar-refractivity contribution in [2.24, 2.45) is 5.41 Å². The van der Waals surface area contributed by atoms with Gasteiger partial charge in [-0.15, -0.1) is 0 Å². The van der Waals surface area contributed by atoms with Gasteiger partial charge in [-0.25, -0.2) is 0 Å². The molecule has 1 spiro atoms. The highest BCUT2D eigenvalue weighted by Crippen LogP contribution is 2.38. The van der Waals surface area contributed by atoms with E-state index in [0.717, 1.165) is 13.2 Å². The van der Waals surface area contributed by atoms with Gasteiger partial charge in [-0.2, -0.15) is 0 Å². The largest absolute Gasteiger partial charge is 0.381 e. The van der Waals surface area contributed by atoms with E-state index < -0.39 is 0 Å². The van der Waals surface area contributed by atoms with Gasteiger partial charge in [0.15, 0.2) is 0 Å². The maximum absolute atomic E-state index is 5.46. The summed E-state index contributed by atoms with van der Waals surface area (Å²) < 4.78 is 5.46. The first kappa shape index (κ1) is 6.41. The van der Waals surface area contributed by atoms with Gasteiger partial charge in [0.1, 0.15) is 0 Å². The Labute approximate surface area is 62.1 Å². The van der Waals surface area contributed by atoms with Crippen molar-refractivity contribution in [3.05, 3.63) is 12.2 Å². The molecule has 10 heavy (non-hydrogen) atoms. The maximum atomic E-state index is 5.46. The molecule has 56 valence electrons. The lowest BCUT2D eigenvalue weighted by Gasteiger charge is -2.31. The molecule has 1 aliphatic heterocycles. The molecule has 0 bridgehead atoms. The second-order valence-corrected chi connectivity index (χ2v) is 3.46. The lowest BCUT2D eigenvalue weighted by molar-refractivity contribution is 0.0184. The normalized spacial score (nSPS) is 39.2. The Morgan fingerprint density at radius 3 is 2.90 bits per heavy atom. The number of hydrogen-bond acceptors (Lipinski definition) is 1. The fraction of sp³-hybridized carbons (Fsp3) is 0.778. The number of hydrogen-bond donors (Lipinski definition) is 0. The number of rotatable bonds is 0. The first-order valence-corrected chi connectivity index (χ1v) is 4.17. The summed E-state index contributed by atoms with van der Waals surface area (Å²) in [6.45, 7) is 1.96. The third-order valence-corrected chi connectivity index (χ3v) is 2.63. The van der Waals surface area contributed by atoms with Crippen LogP contribution >= 0.6 is 0 Å².